The lowest BCUT2D eigenvalue weighted by Gasteiger charge is -2.40. The number of nitrogens with one attached hydrogen (secondary N) is 1. The third-order valence-corrected chi connectivity index (χ3v) is 5.91. The fourth-order valence-electron chi connectivity index (χ4n) is 4.09. The summed E-state index contributed by atoms with van der Waals surface area (Å²) in [6.45, 7) is 4.26. The predicted octanol–water partition coefficient (Wildman–Crippen LogP) is 0.651. The Kier molecular flexibility index (Phi) is 5.42. The number of H-pyrrole nitrogens is 1. The van der Waals surface area contributed by atoms with E-state index in [-0.39, 0.29) is 5.91 Å². The monoisotopic (exact) mass is 348 g/mol. The number of aromatic nitrogens is 2. The number of carbonyl (C=O) groups is 1. The van der Waals surface area contributed by atoms with E-state index in [1.165, 1.54) is 36.1 Å². The van der Waals surface area contributed by atoms with Crippen molar-refractivity contribution in [3.63, 3.8) is 0 Å². The molecule has 0 radical (unpaired) electrons. The molecule has 0 aromatic carbocycles. The van der Waals surface area contributed by atoms with Gasteiger partial charge in [0.1, 0.15) is 0 Å². The third kappa shape index (κ3) is 4.39. The number of carbonyl (C=O) groups excluding carboxylic acids is 1. The molecule has 3 rings (SSSR count). The van der Waals surface area contributed by atoms with E-state index in [2.05, 4.69) is 16.9 Å². The summed E-state index contributed by atoms with van der Waals surface area (Å²) >= 11 is 0. The molecule has 3 heterocycles. The number of amides is 1. The Hall–Kier alpha value is -1.89. The first kappa shape index (κ1) is 17.9. The van der Waals surface area contributed by atoms with Crippen molar-refractivity contribution in [1.82, 2.24) is 19.4 Å². The average molecular weight is 348 g/mol. The maximum absolute atomic E-state index is 12.6. The average Bonchev–Trinajstić information content (AvgIpc) is 2.80. The second-order valence-electron chi connectivity index (χ2n) is 7.59. The van der Waals surface area contributed by atoms with Crippen molar-refractivity contribution >= 4 is 5.91 Å². The Morgan fingerprint density at radius 3 is 2.56 bits per heavy atom. The second kappa shape index (κ2) is 7.56. The number of aromatic amines is 1. The molecule has 138 valence electrons. The molecular formula is C18H28N4O3. The highest BCUT2D eigenvalue weighted by Gasteiger charge is 2.35. The van der Waals surface area contributed by atoms with Crippen LogP contribution in [0.5, 0.6) is 0 Å². The summed E-state index contributed by atoms with van der Waals surface area (Å²) in [5, 5.41) is 0. The molecule has 0 aliphatic carbocycles. The van der Waals surface area contributed by atoms with Crippen LogP contribution in [-0.2, 0) is 11.3 Å². The number of nitrogens with zero attached hydrogens (tertiary/aromatic N) is 3. The van der Waals surface area contributed by atoms with E-state index >= 15 is 0 Å². The van der Waals surface area contributed by atoms with Crippen molar-refractivity contribution in [2.45, 2.75) is 45.1 Å². The van der Waals surface area contributed by atoms with Crippen LogP contribution in [0.25, 0.3) is 0 Å². The van der Waals surface area contributed by atoms with Crippen LogP contribution < -0.4 is 11.2 Å². The number of hydrogen-bond donors (Lipinski definition) is 1. The quantitative estimate of drug-likeness (QED) is 0.870. The molecular weight excluding hydrogens is 320 g/mol. The van der Waals surface area contributed by atoms with Crippen LogP contribution in [-0.4, -0.2) is 58.5 Å². The van der Waals surface area contributed by atoms with Gasteiger partial charge in [-0.1, -0.05) is 0 Å². The zero-order valence-electron chi connectivity index (χ0n) is 15.0. The highest BCUT2D eigenvalue weighted by atomic mass is 16.2. The van der Waals surface area contributed by atoms with Crippen LogP contribution in [0.2, 0.25) is 0 Å². The van der Waals surface area contributed by atoms with E-state index in [4.69, 9.17) is 0 Å². The molecule has 0 bridgehead atoms. The van der Waals surface area contributed by atoms with Crippen LogP contribution in [0.3, 0.4) is 0 Å². The van der Waals surface area contributed by atoms with Crippen molar-refractivity contribution in [3.8, 4) is 0 Å². The molecule has 2 aliphatic heterocycles. The van der Waals surface area contributed by atoms with Gasteiger partial charge in [-0.25, -0.2) is 4.79 Å². The Morgan fingerprint density at radius 2 is 1.84 bits per heavy atom. The van der Waals surface area contributed by atoms with E-state index in [1.807, 2.05) is 4.90 Å². The van der Waals surface area contributed by atoms with Crippen molar-refractivity contribution in [3.05, 3.63) is 33.1 Å². The van der Waals surface area contributed by atoms with E-state index in [0.29, 0.717) is 18.4 Å². The number of aryl methyl sites for hydroxylation is 1. The Balaban J connectivity index is 1.54. The smallest absolute Gasteiger partial charge is 0.328 e. The highest BCUT2D eigenvalue weighted by Crippen LogP contribution is 2.40. The predicted molar refractivity (Wildman–Crippen MR) is 95.5 cm³/mol. The lowest BCUT2D eigenvalue weighted by molar-refractivity contribution is -0.131. The summed E-state index contributed by atoms with van der Waals surface area (Å²) in [7, 11) is 2.18. The molecule has 1 N–H and O–H groups in total. The van der Waals surface area contributed by atoms with Gasteiger partial charge in [0.15, 0.2) is 0 Å². The molecule has 1 amide bonds. The van der Waals surface area contributed by atoms with Gasteiger partial charge in [0.25, 0.3) is 5.56 Å². The fraction of sp³-hybridized carbons (Fsp3) is 0.722. The van der Waals surface area contributed by atoms with Gasteiger partial charge in [-0.05, 0) is 57.7 Å². The maximum atomic E-state index is 12.6. The summed E-state index contributed by atoms with van der Waals surface area (Å²) in [5.41, 5.74) is -0.456. The highest BCUT2D eigenvalue weighted by molar-refractivity contribution is 5.76. The van der Waals surface area contributed by atoms with Crippen LogP contribution in [0, 0.1) is 5.41 Å². The molecule has 7 heteroatoms. The van der Waals surface area contributed by atoms with Gasteiger partial charge in [-0.3, -0.25) is 14.6 Å². The fourth-order valence-corrected chi connectivity index (χ4v) is 4.09. The number of hydrogen-bond acceptors (Lipinski definition) is 4. The van der Waals surface area contributed by atoms with Gasteiger partial charge in [0.05, 0.1) is 0 Å². The van der Waals surface area contributed by atoms with Crippen molar-refractivity contribution < 1.29 is 4.79 Å². The Labute approximate surface area is 147 Å². The topological polar surface area (TPSA) is 78.4 Å². The van der Waals surface area contributed by atoms with Crippen molar-refractivity contribution in [2.75, 3.05) is 33.2 Å². The van der Waals surface area contributed by atoms with E-state index in [0.717, 1.165) is 39.0 Å². The molecule has 2 aliphatic rings. The first-order valence-electron chi connectivity index (χ1n) is 9.24. The standard InChI is InChI=1S/C18H28N4O3/c1-20-12-6-18(7-13-20)5-2-9-21(14-8-18)16(24)4-11-22-10-3-15(23)19-17(22)25/h3,10H,2,4-9,11-14H2,1H3,(H,19,23,25). The maximum Gasteiger partial charge on any atom is 0.328 e. The minimum atomic E-state index is -0.457. The second-order valence-corrected chi connectivity index (χ2v) is 7.59. The molecule has 1 aromatic rings. The molecule has 0 unspecified atom stereocenters. The largest absolute Gasteiger partial charge is 0.343 e. The SMILES string of the molecule is CN1CCC2(CCCN(C(=O)CCn3ccc(=O)[nH]c3=O)CC2)CC1. The van der Waals surface area contributed by atoms with Crippen LogP contribution in [0.4, 0.5) is 0 Å². The zero-order valence-corrected chi connectivity index (χ0v) is 15.0. The summed E-state index contributed by atoms with van der Waals surface area (Å²) in [4.78, 5) is 41.9. The molecule has 0 atom stereocenters. The van der Waals surface area contributed by atoms with Crippen LogP contribution in [0.1, 0.15) is 38.5 Å². The van der Waals surface area contributed by atoms with Gasteiger partial charge in [-0.15, -0.1) is 0 Å². The minimum absolute atomic E-state index is 0.100. The lowest BCUT2D eigenvalue weighted by atomic mass is 9.73. The van der Waals surface area contributed by atoms with Gasteiger partial charge in [-0.2, -0.15) is 0 Å². The van der Waals surface area contributed by atoms with Crippen LogP contribution in [0.15, 0.2) is 21.9 Å². The third-order valence-electron chi connectivity index (χ3n) is 5.91. The molecule has 1 spiro atoms. The zero-order chi connectivity index (χ0) is 17.9. The first-order chi connectivity index (χ1) is 12.0. The minimum Gasteiger partial charge on any atom is -0.343 e. The van der Waals surface area contributed by atoms with Crippen molar-refractivity contribution in [1.29, 1.82) is 0 Å². The summed E-state index contributed by atoms with van der Waals surface area (Å²) in [6.07, 6.45) is 7.58. The van der Waals surface area contributed by atoms with Crippen LogP contribution >= 0.6 is 0 Å². The number of piperidine rings is 1. The summed E-state index contributed by atoms with van der Waals surface area (Å²) in [6, 6.07) is 1.31. The van der Waals surface area contributed by atoms with Gasteiger partial charge in [0.2, 0.25) is 5.91 Å². The van der Waals surface area contributed by atoms with Gasteiger partial charge in [0, 0.05) is 38.3 Å². The summed E-state index contributed by atoms with van der Waals surface area (Å²) < 4.78 is 1.38. The van der Waals surface area contributed by atoms with E-state index in [1.54, 1.807) is 0 Å². The van der Waals surface area contributed by atoms with Gasteiger partial charge >= 0.3 is 5.69 Å². The number of likely N-dealkylation sites (tertiary alicyclic amines) is 2. The molecule has 2 saturated heterocycles. The normalized spacial score (nSPS) is 21.2. The lowest BCUT2D eigenvalue weighted by Crippen LogP contribution is -2.39. The summed E-state index contributed by atoms with van der Waals surface area (Å²) in [5.74, 6) is 0.100. The first-order valence-corrected chi connectivity index (χ1v) is 9.24. The van der Waals surface area contributed by atoms with Gasteiger partial charge < -0.3 is 14.4 Å². The molecule has 7 nitrogen and oxygen atoms in total. The molecule has 1 aromatic heterocycles. The Morgan fingerprint density at radius 1 is 1.12 bits per heavy atom. The van der Waals surface area contributed by atoms with E-state index < -0.39 is 11.2 Å². The molecule has 2 fully saturated rings. The Bertz CT molecular complexity index is 716. The number of rotatable bonds is 3. The molecule has 25 heavy (non-hydrogen) atoms. The van der Waals surface area contributed by atoms with Crippen molar-refractivity contribution in [2.24, 2.45) is 5.41 Å². The molecule has 0 saturated carbocycles. The van der Waals surface area contributed by atoms with E-state index in [9.17, 15) is 14.4 Å².